The summed E-state index contributed by atoms with van der Waals surface area (Å²) in [5, 5.41) is 4.49. The van der Waals surface area contributed by atoms with Crippen molar-refractivity contribution in [2.24, 2.45) is 0 Å². The highest BCUT2D eigenvalue weighted by atomic mass is 16.5. The molecule has 0 atom stereocenters. The maximum Gasteiger partial charge on any atom is 0.257 e. The Hall–Kier alpha value is -3.30. The van der Waals surface area contributed by atoms with Crippen molar-refractivity contribution in [3.8, 4) is 23.0 Å². The molecule has 9 heteroatoms. The number of fused-ring (bicyclic) bond motifs is 3. The number of nitrogens with zero attached hydrogens (tertiary/aromatic N) is 6. The minimum atomic E-state index is 0.00513. The Morgan fingerprint density at radius 3 is 2.62 bits per heavy atom. The molecule has 2 aliphatic rings. The van der Waals surface area contributed by atoms with Crippen molar-refractivity contribution in [2.45, 2.75) is 19.8 Å². The third kappa shape index (κ3) is 4.17. The summed E-state index contributed by atoms with van der Waals surface area (Å²) in [7, 11) is 3.39. The molecule has 3 aromatic rings. The number of carbonyl (C=O) groups excluding carboxylic acids is 1. The van der Waals surface area contributed by atoms with Gasteiger partial charge < -0.3 is 14.4 Å². The van der Waals surface area contributed by atoms with Gasteiger partial charge in [-0.05, 0) is 49.1 Å². The van der Waals surface area contributed by atoms with Crippen LogP contribution in [0.5, 0.6) is 5.75 Å². The number of piperazine rings is 1. The van der Waals surface area contributed by atoms with E-state index in [0.29, 0.717) is 31.2 Å². The van der Waals surface area contributed by atoms with Crippen molar-refractivity contribution in [2.75, 3.05) is 53.6 Å². The van der Waals surface area contributed by atoms with E-state index in [4.69, 9.17) is 14.5 Å². The van der Waals surface area contributed by atoms with E-state index >= 15 is 0 Å². The Balaban J connectivity index is 1.37. The highest BCUT2D eigenvalue weighted by molar-refractivity contribution is 5.95. The van der Waals surface area contributed by atoms with Crippen LogP contribution in [0.4, 0.5) is 0 Å². The zero-order valence-electron chi connectivity index (χ0n) is 20.0. The fourth-order valence-corrected chi connectivity index (χ4v) is 4.71. The summed E-state index contributed by atoms with van der Waals surface area (Å²) in [5.41, 5.74) is 5.69. The van der Waals surface area contributed by atoms with E-state index in [1.807, 2.05) is 24.1 Å². The van der Waals surface area contributed by atoms with Crippen molar-refractivity contribution >= 4 is 5.91 Å². The minimum Gasteiger partial charge on any atom is -0.497 e. The first-order chi connectivity index (χ1) is 16.6. The van der Waals surface area contributed by atoms with E-state index in [0.717, 1.165) is 60.7 Å². The predicted octanol–water partition coefficient (Wildman–Crippen LogP) is 2.15. The Morgan fingerprint density at radius 2 is 1.85 bits per heavy atom. The average Bonchev–Trinajstić information content (AvgIpc) is 3.27. The van der Waals surface area contributed by atoms with Crippen LogP contribution in [0.2, 0.25) is 0 Å². The van der Waals surface area contributed by atoms with Crippen LogP contribution in [-0.4, -0.2) is 89.0 Å². The van der Waals surface area contributed by atoms with E-state index < -0.39 is 0 Å². The van der Waals surface area contributed by atoms with Gasteiger partial charge in [0.05, 0.1) is 36.9 Å². The van der Waals surface area contributed by atoms with Gasteiger partial charge in [-0.25, -0.2) is 14.6 Å². The normalized spacial score (nSPS) is 15.7. The summed E-state index contributed by atoms with van der Waals surface area (Å²) in [6, 6.07) is 6.09. The van der Waals surface area contributed by atoms with Gasteiger partial charge in [0.15, 0.2) is 0 Å². The minimum absolute atomic E-state index is 0.00513. The highest BCUT2D eigenvalue weighted by Gasteiger charge is 2.26. The number of benzene rings is 1. The number of rotatable bonds is 6. The number of amides is 1. The van der Waals surface area contributed by atoms with Crippen LogP contribution in [0.3, 0.4) is 0 Å². The molecule has 1 saturated heterocycles. The van der Waals surface area contributed by atoms with Crippen LogP contribution < -0.4 is 4.74 Å². The van der Waals surface area contributed by atoms with Crippen molar-refractivity contribution in [1.82, 2.24) is 29.5 Å². The quantitative estimate of drug-likeness (QED) is 0.555. The Morgan fingerprint density at radius 1 is 1.06 bits per heavy atom. The number of ether oxygens (including phenoxy) is 2. The predicted molar refractivity (Wildman–Crippen MR) is 128 cm³/mol. The summed E-state index contributed by atoms with van der Waals surface area (Å²) in [6.45, 7) is 6.59. The van der Waals surface area contributed by atoms with Gasteiger partial charge in [-0.1, -0.05) is 0 Å². The molecule has 0 saturated carbocycles. The van der Waals surface area contributed by atoms with Gasteiger partial charge in [0.1, 0.15) is 5.75 Å². The van der Waals surface area contributed by atoms with E-state index in [2.05, 4.69) is 27.1 Å². The van der Waals surface area contributed by atoms with Crippen LogP contribution in [0.1, 0.15) is 27.2 Å². The topological polar surface area (TPSA) is 85.6 Å². The van der Waals surface area contributed by atoms with Crippen LogP contribution in [0.15, 0.2) is 30.6 Å². The Labute approximate surface area is 199 Å². The second kappa shape index (κ2) is 9.52. The molecule has 178 valence electrons. The molecule has 0 bridgehead atoms. The van der Waals surface area contributed by atoms with Crippen LogP contribution in [0, 0.1) is 6.92 Å². The van der Waals surface area contributed by atoms with Gasteiger partial charge in [-0.15, -0.1) is 0 Å². The molecule has 0 N–H and O–H groups in total. The summed E-state index contributed by atoms with van der Waals surface area (Å²) in [4.78, 5) is 26.9. The molecule has 0 spiro atoms. The smallest absolute Gasteiger partial charge is 0.257 e. The highest BCUT2D eigenvalue weighted by Crippen LogP contribution is 2.34. The number of aromatic nitrogens is 4. The van der Waals surface area contributed by atoms with E-state index in [1.54, 1.807) is 25.1 Å². The summed E-state index contributed by atoms with van der Waals surface area (Å²) < 4.78 is 12.2. The number of carbonyl (C=O) groups is 1. The van der Waals surface area contributed by atoms with Crippen molar-refractivity contribution in [3.05, 3.63) is 53.0 Å². The SMILES string of the molecule is COCCN1CCN(C(=O)c2cnn(-c3ncc4c(n3)-c3ccc(OC)cc3CC4)c2C)CC1. The molecule has 1 aromatic carbocycles. The first-order valence-electron chi connectivity index (χ1n) is 11.7. The van der Waals surface area contributed by atoms with Crippen molar-refractivity contribution in [1.29, 1.82) is 0 Å². The van der Waals surface area contributed by atoms with Crippen LogP contribution >= 0.6 is 0 Å². The molecule has 2 aromatic heterocycles. The van der Waals surface area contributed by atoms with Gasteiger partial charge in [-0.3, -0.25) is 9.69 Å². The van der Waals surface area contributed by atoms with Gasteiger partial charge in [0.2, 0.25) is 0 Å². The zero-order valence-corrected chi connectivity index (χ0v) is 20.0. The average molecular weight is 463 g/mol. The lowest BCUT2D eigenvalue weighted by atomic mass is 9.90. The molecule has 0 radical (unpaired) electrons. The Kier molecular flexibility index (Phi) is 6.30. The van der Waals surface area contributed by atoms with Gasteiger partial charge >= 0.3 is 0 Å². The fourth-order valence-electron chi connectivity index (χ4n) is 4.71. The Bertz CT molecular complexity index is 1200. The zero-order chi connectivity index (χ0) is 23.7. The number of methoxy groups -OCH3 is 2. The lowest BCUT2D eigenvalue weighted by Crippen LogP contribution is -2.49. The van der Waals surface area contributed by atoms with Crippen LogP contribution in [0.25, 0.3) is 17.2 Å². The number of aryl methyl sites for hydroxylation is 2. The summed E-state index contributed by atoms with van der Waals surface area (Å²) in [6.07, 6.45) is 5.33. The summed E-state index contributed by atoms with van der Waals surface area (Å²) in [5.74, 6) is 1.33. The second-order valence-electron chi connectivity index (χ2n) is 8.75. The number of hydrogen-bond donors (Lipinski definition) is 0. The van der Waals surface area contributed by atoms with Crippen molar-refractivity contribution in [3.63, 3.8) is 0 Å². The monoisotopic (exact) mass is 462 g/mol. The number of hydrogen-bond acceptors (Lipinski definition) is 7. The lowest BCUT2D eigenvalue weighted by Gasteiger charge is -2.34. The standard InChI is InChI=1S/C25H30N6O3/c1-17-22(24(32)30-10-8-29(9-11-30)12-13-33-2)16-27-31(17)25-26-15-19-5-4-18-14-20(34-3)6-7-21(18)23(19)28-25/h6-7,14-16H,4-5,8-13H2,1-3H3. The largest absolute Gasteiger partial charge is 0.497 e. The van der Waals surface area contributed by atoms with Gasteiger partial charge in [0, 0.05) is 51.6 Å². The van der Waals surface area contributed by atoms with Gasteiger partial charge in [0.25, 0.3) is 11.9 Å². The van der Waals surface area contributed by atoms with Gasteiger partial charge in [-0.2, -0.15) is 5.10 Å². The molecule has 34 heavy (non-hydrogen) atoms. The fraction of sp³-hybridized carbons (Fsp3) is 0.440. The first-order valence-corrected chi connectivity index (χ1v) is 11.7. The second-order valence-corrected chi connectivity index (χ2v) is 8.75. The first kappa shape index (κ1) is 22.5. The molecule has 3 heterocycles. The van der Waals surface area contributed by atoms with Crippen molar-refractivity contribution < 1.29 is 14.3 Å². The molecule has 5 rings (SSSR count). The van der Waals surface area contributed by atoms with E-state index in [1.165, 1.54) is 5.56 Å². The third-order valence-electron chi connectivity index (χ3n) is 6.78. The summed E-state index contributed by atoms with van der Waals surface area (Å²) >= 11 is 0. The molecule has 1 amide bonds. The third-order valence-corrected chi connectivity index (χ3v) is 6.78. The molecule has 1 aliphatic carbocycles. The molecular formula is C25H30N6O3. The molecular weight excluding hydrogens is 432 g/mol. The van der Waals surface area contributed by atoms with E-state index in [9.17, 15) is 4.79 Å². The van der Waals surface area contributed by atoms with Crippen LogP contribution in [-0.2, 0) is 17.6 Å². The molecule has 1 aliphatic heterocycles. The maximum atomic E-state index is 13.2. The molecule has 1 fully saturated rings. The maximum absolute atomic E-state index is 13.2. The lowest BCUT2D eigenvalue weighted by molar-refractivity contribution is 0.0593. The van der Waals surface area contributed by atoms with E-state index in [-0.39, 0.29) is 5.91 Å². The molecule has 9 nitrogen and oxygen atoms in total. The molecule has 0 unspecified atom stereocenters.